The predicted molar refractivity (Wildman–Crippen MR) is 130 cm³/mol. The molecule has 2 aromatic carbocycles. The van der Waals surface area contributed by atoms with Gasteiger partial charge in [-0.05, 0) is 53.1 Å². The Labute approximate surface area is 200 Å². The van der Waals surface area contributed by atoms with Crippen molar-refractivity contribution in [3.8, 4) is 22.3 Å². The lowest BCUT2D eigenvalue weighted by Gasteiger charge is -2.10. The highest BCUT2D eigenvalue weighted by atomic mass is 35.5. The van der Waals surface area contributed by atoms with Crippen LogP contribution in [0, 0.1) is 0 Å². The molecule has 0 unspecified atom stereocenters. The minimum absolute atomic E-state index is 0.165. The van der Waals surface area contributed by atoms with Crippen LogP contribution in [0.4, 0.5) is 0 Å². The molecule has 5 rings (SSSR count). The Balaban J connectivity index is 1.66. The fourth-order valence-electron chi connectivity index (χ4n) is 3.73. The molecule has 0 spiro atoms. The first-order valence-electron chi connectivity index (χ1n) is 10.3. The highest BCUT2D eigenvalue weighted by Crippen LogP contribution is 2.34. The molecule has 0 amide bonds. The van der Waals surface area contributed by atoms with E-state index in [1.807, 2.05) is 24.3 Å². The van der Waals surface area contributed by atoms with Gasteiger partial charge in [-0.25, -0.2) is 17.9 Å². The van der Waals surface area contributed by atoms with Crippen LogP contribution in [0.5, 0.6) is 0 Å². The Kier molecular flexibility index (Phi) is 5.51. The van der Waals surface area contributed by atoms with Crippen LogP contribution in [0.3, 0.4) is 0 Å². The smallest absolute Gasteiger partial charge is 0.265 e. The van der Waals surface area contributed by atoms with E-state index < -0.39 is 15.5 Å². The molecule has 0 N–H and O–H groups in total. The number of hydrogen-bond acceptors (Lipinski definition) is 6. The molecular weight excluding hydrogens is 474 g/mol. The van der Waals surface area contributed by atoms with Crippen molar-refractivity contribution in [2.45, 2.75) is 11.4 Å². The number of benzene rings is 2. The molecule has 3 aromatic heterocycles. The molecule has 0 atom stereocenters. The molecule has 10 heteroatoms. The molecule has 34 heavy (non-hydrogen) atoms. The first kappa shape index (κ1) is 22.0. The lowest BCUT2D eigenvalue weighted by Crippen LogP contribution is -2.23. The van der Waals surface area contributed by atoms with Crippen molar-refractivity contribution in [2.24, 2.45) is 0 Å². The number of rotatable bonds is 5. The first-order chi connectivity index (χ1) is 16.3. The molecule has 170 valence electrons. The maximum absolute atomic E-state index is 13.1. The van der Waals surface area contributed by atoms with E-state index in [0.717, 1.165) is 34.1 Å². The van der Waals surface area contributed by atoms with Gasteiger partial charge in [-0.2, -0.15) is 9.61 Å². The Morgan fingerprint density at radius 3 is 2.24 bits per heavy atom. The van der Waals surface area contributed by atoms with E-state index >= 15 is 0 Å². The van der Waals surface area contributed by atoms with E-state index in [1.54, 1.807) is 42.9 Å². The van der Waals surface area contributed by atoms with Gasteiger partial charge in [-0.15, -0.1) is 5.10 Å². The van der Waals surface area contributed by atoms with Crippen molar-refractivity contribution >= 4 is 27.1 Å². The molecular formula is C24H18ClN5O3S. The highest BCUT2D eigenvalue weighted by molar-refractivity contribution is 7.90. The fraction of sp³-hybridized carbons (Fsp3) is 0.0833. The Morgan fingerprint density at radius 1 is 0.912 bits per heavy atom. The highest BCUT2D eigenvalue weighted by Gasteiger charge is 2.19. The maximum atomic E-state index is 13.1. The monoisotopic (exact) mass is 491 g/mol. The van der Waals surface area contributed by atoms with Gasteiger partial charge in [0.1, 0.15) is 0 Å². The first-order valence-corrected chi connectivity index (χ1v) is 12.5. The molecule has 0 aliphatic heterocycles. The van der Waals surface area contributed by atoms with Crippen LogP contribution >= 0.6 is 11.6 Å². The molecule has 0 saturated carbocycles. The van der Waals surface area contributed by atoms with Gasteiger partial charge in [0.25, 0.3) is 0 Å². The third-order valence-electron chi connectivity index (χ3n) is 5.42. The lowest BCUT2D eigenvalue weighted by atomic mass is 9.98. The normalized spacial score (nSPS) is 11.7. The SMILES string of the molecule is CS(=O)(=O)c1ccc(Cn2nc3c(-c4ccncc4)c(-c4ccc(Cl)cc4)cnn3c2=O)cc1. The average Bonchev–Trinajstić information content (AvgIpc) is 3.14. The molecule has 0 radical (unpaired) electrons. The minimum Gasteiger partial charge on any atom is -0.265 e. The van der Waals surface area contributed by atoms with Crippen LogP contribution in [0.25, 0.3) is 27.9 Å². The second-order valence-corrected chi connectivity index (χ2v) is 10.2. The summed E-state index contributed by atoms with van der Waals surface area (Å²) < 4.78 is 26.0. The van der Waals surface area contributed by atoms with Gasteiger partial charge in [0, 0.05) is 34.8 Å². The predicted octanol–water partition coefficient (Wildman–Crippen LogP) is 3.73. The molecule has 0 aliphatic carbocycles. The summed E-state index contributed by atoms with van der Waals surface area (Å²) in [5.74, 6) is 0. The molecule has 3 heterocycles. The summed E-state index contributed by atoms with van der Waals surface area (Å²) in [7, 11) is -3.30. The molecule has 0 saturated heterocycles. The summed E-state index contributed by atoms with van der Waals surface area (Å²) >= 11 is 6.07. The van der Waals surface area contributed by atoms with Crippen molar-refractivity contribution in [2.75, 3.05) is 6.26 Å². The summed E-state index contributed by atoms with van der Waals surface area (Å²) in [5.41, 5.74) is 3.98. The third-order valence-corrected chi connectivity index (χ3v) is 6.80. The summed E-state index contributed by atoms with van der Waals surface area (Å²) in [6.07, 6.45) is 6.15. The number of pyridine rings is 1. The van der Waals surface area contributed by atoms with Crippen LogP contribution in [-0.4, -0.2) is 39.1 Å². The zero-order valence-corrected chi connectivity index (χ0v) is 19.5. The van der Waals surface area contributed by atoms with Crippen LogP contribution in [-0.2, 0) is 16.4 Å². The molecule has 5 aromatic rings. The second-order valence-electron chi connectivity index (χ2n) is 7.77. The average molecular weight is 492 g/mol. The fourth-order valence-corrected chi connectivity index (χ4v) is 4.49. The number of aromatic nitrogens is 5. The van der Waals surface area contributed by atoms with Gasteiger partial charge in [-0.3, -0.25) is 4.98 Å². The van der Waals surface area contributed by atoms with Crippen molar-refractivity contribution in [1.82, 2.24) is 24.4 Å². The summed E-state index contributed by atoms with van der Waals surface area (Å²) in [4.78, 5) is 17.4. The van der Waals surface area contributed by atoms with Crippen molar-refractivity contribution in [3.63, 3.8) is 0 Å². The van der Waals surface area contributed by atoms with Crippen molar-refractivity contribution < 1.29 is 8.42 Å². The van der Waals surface area contributed by atoms with E-state index in [0.29, 0.717) is 10.7 Å². The Morgan fingerprint density at radius 2 is 1.59 bits per heavy atom. The zero-order chi connectivity index (χ0) is 23.9. The maximum Gasteiger partial charge on any atom is 0.367 e. The van der Waals surface area contributed by atoms with Gasteiger partial charge >= 0.3 is 5.69 Å². The van der Waals surface area contributed by atoms with Crippen LogP contribution in [0.1, 0.15) is 5.56 Å². The molecule has 0 aliphatic rings. The van der Waals surface area contributed by atoms with Gasteiger partial charge in [-0.1, -0.05) is 35.9 Å². The van der Waals surface area contributed by atoms with Crippen molar-refractivity contribution in [3.05, 3.63) is 100 Å². The van der Waals surface area contributed by atoms with E-state index in [2.05, 4.69) is 15.2 Å². The molecule has 0 fully saturated rings. The molecule has 0 bridgehead atoms. The quantitative estimate of drug-likeness (QED) is 0.371. The van der Waals surface area contributed by atoms with Crippen LogP contribution < -0.4 is 5.69 Å². The summed E-state index contributed by atoms with van der Waals surface area (Å²) in [6, 6.07) is 17.4. The van der Waals surface area contributed by atoms with Gasteiger partial charge in [0.15, 0.2) is 15.5 Å². The van der Waals surface area contributed by atoms with Crippen LogP contribution in [0.15, 0.2) is 88.9 Å². The zero-order valence-electron chi connectivity index (χ0n) is 18.0. The number of hydrogen-bond donors (Lipinski definition) is 0. The van der Waals surface area contributed by atoms with Crippen molar-refractivity contribution in [1.29, 1.82) is 0 Å². The Hall–Kier alpha value is -3.82. The standard InChI is InChI=1S/C24H18ClN5O3S/c1-34(32,33)20-8-2-16(3-9-20)15-29-24(31)30-23(28-29)22(18-10-12-26-13-11-18)21(14-27-30)17-4-6-19(25)7-5-17/h2-14H,15H2,1H3. The number of nitrogens with zero attached hydrogens (tertiary/aromatic N) is 5. The van der Waals surface area contributed by atoms with Gasteiger partial charge in [0.2, 0.25) is 0 Å². The van der Waals surface area contributed by atoms with E-state index in [1.165, 1.54) is 21.3 Å². The van der Waals surface area contributed by atoms with E-state index in [4.69, 9.17) is 11.6 Å². The minimum atomic E-state index is -3.30. The Bertz CT molecular complexity index is 1660. The van der Waals surface area contributed by atoms with E-state index in [9.17, 15) is 13.2 Å². The third kappa shape index (κ3) is 4.11. The molecule has 8 nitrogen and oxygen atoms in total. The number of sulfone groups is 1. The largest absolute Gasteiger partial charge is 0.367 e. The topological polar surface area (TPSA) is 99.2 Å². The van der Waals surface area contributed by atoms with Gasteiger partial charge < -0.3 is 0 Å². The summed E-state index contributed by atoms with van der Waals surface area (Å²) in [5, 5.41) is 9.58. The summed E-state index contributed by atoms with van der Waals surface area (Å²) in [6.45, 7) is 0.165. The number of halogens is 1. The van der Waals surface area contributed by atoms with Gasteiger partial charge in [0.05, 0.1) is 17.6 Å². The second kappa shape index (κ2) is 8.51. The lowest BCUT2D eigenvalue weighted by molar-refractivity contribution is 0.601. The van der Waals surface area contributed by atoms with Crippen LogP contribution in [0.2, 0.25) is 5.02 Å². The van der Waals surface area contributed by atoms with E-state index in [-0.39, 0.29) is 11.4 Å². The number of fused-ring (bicyclic) bond motifs is 1.